The fourth-order valence-corrected chi connectivity index (χ4v) is 6.55. The predicted octanol–water partition coefficient (Wildman–Crippen LogP) is 5.62. The Balaban J connectivity index is 1.23. The summed E-state index contributed by atoms with van der Waals surface area (Å²) < 4.78 is 2.07. The molecule has 5 nitrogen and oxygen atoms in total. The molecule has 1 saturated heterocycles. The lowest BCUT2D eigenvalue weighted by molar-refractivity contribution is 0.0751. The van der Waals surface area contributed by atoms with Crippen LogP contribution in [0.15, 0.2) is 60.7 Å². The van der Waals surface area contributed by atoms with Crippen LogP contribution < -0.4 is 4.90 Å². The molecule has 1 fully saturated rings. The Hall–Kier alpha value is -3.09. The van der Waals surface area contributed by atoms with Gasteiger partial charge in [0.15, 0.2) is 0 Å². The molecule has 172 valence electrons. The number of benzene rings is 2. The fraction of sp³-hybridized carbons (Fsp3) is 0.259. The van der Waals surface area contributed by atoms with Crippen LogP contribution in [0.2, 0.25) is 5.02 Å². The zero-order chi connectivity index (χ0) is 23.2. The summed E-state index contributed by atoms with van der Waals surface area (Å²) >= 11 is 7.79. The highest BCUT2D eigenvalue weighted by molar-refractivity contribution is 7.17. The highest BCUT2D eigenvalue weighted by Crippen LogP contribution is 2.42. The van der Waals surface area contributed by atoms with Gasteiger partial charge < -0.3 is 9.80 Å². The predicted molar refractivity (Wildman–Crippen MR) is 139 cm³/mol. The molecule has 1 amide bonds. The zero-order valence-corrected chi connectivity index (χ0v) is 20.6. The molecule has 7 heteroatoms. The van der Waals surface area contributed by atoms with Crippen LogP contribution in [0.4, 0.5) is 5.69 Å². The highest BCUT2D eigenvalue weighted by Gasteiger charge is 2.30. The Kier molecular flexibility index (Phi) is 5.42. The fourth-order valence-electron chi connectivity index (χ4n) is 5.07. The molecule has 4 aromatic rings. The van der Waals surface area contributed by atoms with E-state index < -0.39 is 0 Å². The second-order valence-corrected chi connectivity index (χ2v) is 10.4. The van der Waals surface area contributed by atoms with Crippen molar-refractivity contribution in [1.82, 2.24) is 14.7 Å². The summed E-state index contributed by atoms with van der Waals surface area (Å²) in [6, 6.07) is 20.3. The Labute approximate surface area is 208 Å². The summed E-state index contributed by atoms with van der Waals surface area (Å²) in [4.78, 5) is 19.7. The van der Waals surface area contributed by atoms with Crippen molar-refractivity contribution < 1.29 is 4.79 Å². The maximum absolute atomic E-state index is 13.4. The summed E-state index contributed by atoms with van der Waals surface area (Å²) in [5, 5.41) is 5.60. The van der Waals surface area contributed by atoms with Gasteiger partial charge in [-0.25, -0.2) is 4.68 Å². The van der Waals surface area contributed by atoms with Gasteiger partial charge in [-0.15, -0.1) is 11.3 Å². The number of para-hydroxylation sites is 1. The first-order valence-electron chi connectivity index (χ1n) is 11.7. The van der Waals surface area contributed by atoms with E-state index in [0.717, 1.165) is 52.9 Å². The third-order valence-electron chi connectivity index (χ3n) is 6.78. The number of fused-ring (bicyclic) bond motifs is 3. The third kappa shape index (κ3) is 3.71. The zero-order valence-electron chi connectivity index (χ0n) is 19.0. The van der Waals surface area contributed by atoms with E-state index in [4.69, 9.17) is 16.7 Å². The molecule has 0 spiro atoms. The van der Waals surface area contributed by atoms with Crippen LogP contribution in [0.1, 0.15) is 26.6 Å². The minimum absolute atomic E-state index is 0.139. The summed E-state index contributed by atoms with van der Waals surface area (Å²) in [6.45, 7) is 5.12. The van der Waals surface area contributed by atoms with E-state index in [0.29, 0.717) is 13.1 Å². The van der Waals surface area contributed by atoms with Gasteiger partial charge in [-0.2, -0.15) is 5.10 Å². The van der Waals surface area contributed by atoms with Crippen LogP contribution in [-0.2, 0) is 12.8 Å². The number of nitrogens with zero attached hydrogens (tertiary/aromatic N) is 4. The number of amides is 1. The molecule has 0 N–H and O–H groups in total. The van der Waals surface area contributed by atoms with Crippen molar-refractivity contribution in [1.29, 1.82) is 0 Å². The van der Waals surface area contributed by atoms with Crippen LogP contribution in [0, 0.1) is 6.92 Å². The summed E-state index contributed by atoms with van der Waals surface area (Å²) in [5.74, 6) is 0.139. The molecule has 2 aliphatic rings. The van der Waals surface area contributed by atoms with Gasteiger partial charge in [0.25, 0.3) is 5.91 Å². The number of hydrogen-bond acceptors (Lipinski definition) is 4. The molecule has 6 rings (SSSR count). The number of piperazine rings is 1. The minimum Gasteiger partial charge on any atom is -0.368 e. The SMILES string of the molecule is Cc1nn(-c2ccccc2)c2c1-c1sc(C(=O)N3CCN(c4cccc(Cl)c4)CC3)cc1CC2. The Morgan fingerprint density at radius 1 is 0.941 bits per heavy atom. The molecular formula is C27H25ClN4OS. The van der Waals surface area contributed by atoms with Gasteiger partial charge in [-0.05, 0) is 61.7 Å². The van der Waals surface area contributed by atoms with E-state index in [2.05, 4.69) is 40.8 Å². The lowest BCUT2D eigenvalue weighted by Crippen LogP contribution is -2.48. The van der Waals surface area contributed by atoms with E-state index in [-0.39, 0.29) is 5.91 Å². The van der Waals surface area contributed by atoms with E-state index in [1.807, 2.05) is 41.3 Å². The quantitative estimate of drug-likeness (QED) is 0.375. The monoisotopic (exact) mass is 488 g/mol. The van der Waals surface area contributed by atoms with E-state index in [1.54, 1.807) is 11.3 Å². The standard InChI is InChI=1S/C27H25ClN4OS/c1-18-25-23(32(29-18)21-7-3-2-4-8-21)11-10-19-16-24(34-26(19)25)27(33)31-14-12-30(13-15-31)22-9-5-6-20(28)17-22/h2-9,16-17H,10-15H2,1H3. The van der Waals surface area contributed by atoms with Crippen LogP contribution >= 0.6 is 22.9 Å². The maximum Gasteiger partial charge on any atom is 0.264 e. The number of carbonyl (C=O) groups excluding carboxylic acids is 1. The molecule has 1 aliphatic heterocycles. The first-order valence-corrected chi connectivity index (χ1v) is 12.8. The lowest BCUT2D eigenvalue weighted by Gasteiger charge is -2.36. The minimum atomic E-state index is 0.139. The largest absolute Gasteiger partial charge is 0.368 e. The number of aromatic nitrogens is 2. The molecule has 0 saturated carbocycles. The molecule has 2 aromatic carbocycles. The molecular weight excluding hydrogens is 464 g/mol. The Morgan fingerprint density at radius 3 is 2.47 bits per heavy atom. The maximum atomic E-state index is 13.4. The average molecular weight is 489 g/mol. The lowest BCUT2D eigenvalue weighted by atomic mass is 9.95. The van der Waals surface area contributed by atoms with Crippen molar-refractivity contribution in [2.24, 2.45) is 0 Å². The molecule has 0 bridgehead atoms. The third-order valence-corrected chi connectivity index (χ3v) is 8.19. The van der Waals surface area contributed by atoms with Crippen molar-refractivity contribution in [2.75, 3.05) is 31.1 Å². The second-order valence-electron chi connectivity index (χ2n) is 8.88. The van der Waals surface area contributed by atoms with Crippen LogP contribution in [0.25, 0.3) is 16.1 Å². The van der Waals surface area contributed by atoms with Gasteiger partial charge >= 0.3 is 0 Å². The molecule has 34 heavy (non-hydrogen) atoms. The highest BCUT2D eigenvalue weighted by atomic mass is 35.5. The van der Waals surface area contributed by atoms with Crippen LogP contribution in [-0.4, -0.2) is 46.8 Å². The number of anilines is 1. The summed E-state index contributed by atoms with van der Waals surface area (Å²) in [7, 11) is 0. The smallest absolute Gasteiger partial charge is 0.264 e. The Morgan fingerprint density at radius 2 is 1.71 bits per heavy atom. The first kappa shape index (κ1) is 21.4. The van der Waals surface area contributed by atoms with Crippen molar-refractivity contribution in [2.45, 2.75) is 19.8 Å². The molecule has 0 atom stereocenters. The van der Waals surface area contributed by atoms with Gasteiger partial charge in [0.2, 0.25) is 0 Å². The van der Waals surface area contributed by atoms with Crippen LogP contribution in [0.3, 0.4) is 0 Å². The summed E-state index contributed by atoms with van der Waals surface area (Å²) in [6.07, 6.45) is 1.87. The molecule has 3 heterocycles. The number of rotatable bonds is 3. The number of halogens is 1. The van der Waals surface area contributed by atoms with Crippen molar-refractivity contribution in [3.8, 4) is 16.1 Å². The van der Waals surface area contributed by atoms with Crippen LogP contribution in [0.5, 0.6) is 0 Å². The van der Waals surface area contributed by atoms with Gasteiger partial charge in [-0.1, -0.05) is 35.9 Å². The normalized spacial score (nSPS) is 15.2. The van der Waals surface area contributed by atoms with E-state index in [9.17, 15) is 4.79 Å². The van der Waals surface area contributed by atoms with Gasteiger partial charge in [0.1, 0.15) is 0 Å². The number of hydrogen-bond donors (Lipinski definition) is 0. The topological polar surface area (TPSA) is 41.4 Å². The number of aryl methyl sites for hydroxylation is 2. The van der Waals surface area contributed by atoms with Gasteiger partial charge in [0.05, 0.1) is 22.0 Å². The summed E-state index contributed by atoms with van der Waals surface area (Å²) in [5.41, 5.74) is 6.95. The molecule has 2 aromatic heterocycles. The Bertz CT molecular complexity index is 1370. The van der Waals surface area contributed by atoms with Crippen molar-refractivity contribution in [3.05, 3.63) is 87.5 Å². The molecule has 1 aliphatic carbocycles. The second kappa shape index (κ2) is 8.60. The van der Waals surface area contributed by atoms with E-state index in [1.165, 1.54) is 21.7 Å². The number of thiophene rings is 1. The molecule has 0 radical (unpaired) electrons. The first-order chi connectivity index (χ1) is 16.6. The van der Waals surface area contributed by atoms with E-state index >= 15 is 0 Å². The van der Waals surface area contributed by atoms with Crippen molar-refractivity contribution in [3.63, 3.8) is 0 Å². The molecule has 0 unspecified atom stereocenters. The van der Waals surface area contributed by atoms with Crippen molar-refractivity contribution >= 4 is 34.5 Å². The average Bonchev–Trinajstić information content (AvgIpc) is 3.45. The number of carbonyl (C=O) groups is 1. The van der Waals surface area contributed by atoms with Gasteiger partial charge in [0, 0.05) is 47.3 Å². The van der Waals surface area contributed by atoms with Gasteiger partial charge in [-0.3, -0.25) is 4.79 Å².